The van der Waals surface area contributed by atoms with E-state index in [1.165, 1.54) is 12.8 Å². The minimum Gasteiger partial charge on any atom is -0.233 e. The summed E-state index contributed by atoms with van der Waals surface area (Å²) in [6, 6.07) is 0. The van der Waals surface area contributed by atoms with Gasteiger partial charge in [0, 0.05) is 0 Å². The Morgan fingerprint density at radius 1 is 0.750 bits per heavy atom. The molecule has 0 amide bonds. The van der Waals surface area contributed by atoms with Crippen LogP contribution in [0.2, 0.25) is 0 Å². The highest BCUT2D eigenvalue weighted by molar-refractivity contribution is 5.01. The van der Waals surface area contributed by atoms with Gasteiger partial charge < -0.3 is 0 Å². The van der Waals surface area contributed by atoms with Gasteiger partial charge in [0.15, 0.2) is 0 Å². The van der Waals surface area contributed by atoms with Crippen molar-refractivity contribution in [2.75, 3.05) is 0 Å². The van der Waals surface area contributed by atoms with Gasteiger partial charge in [-0.2, -0.15) is 0 Å². The number of rotatable bonds is 2. The van der Waals surface area contributed by atoms with Gasteiger partial charge in [0.05, 0.1) is 11.7 Å². The van der Waals surface area contributed by atoms with E-state index in [0.29, 0.717) is 16.2 Å². The standard InChI is InChI=1S/C18H36O2/c1-15(2,3)18(16(4,5)6)12-10-14(11-13-18)19-20-17(7,8)9/h14H,10-13H2,1-9H3. The summed E-state index contributed by atoms with van der Waals surface area (Å²) >= 11 is 0. The van der Waals surface area contributed by atoms with E-state index >= 15 is 0 Å². The fraction of sp³-hybridized carbons (Fsp3) is 1.00. The molecule has 0 atom stereocenters. The smallest absolute Gasteiger partial charge is 0.0952 e. The fourth-order valence-electron chi connectivity index (χ4n) is 4.02. The molecule has 2 nitrogen and oxygen atoms in total. The monoisotopic (exact) mass is 284 g/mol. The molecule has 1 rings (SSSR count). The van der Waals surface area contributed by atoms with Gasteiger partial charge in [-0.05, 0) is 62.7 Å². The van der Waals surface area contributed by atoms with Gasteiger partial charge in [0.25, 0.3) is 0 Å². The molecule has 0 heterocycles. The van der Waals surface area contributed by atoms with E-state index in [1.54, 1.807) is 0 Å². The second-order valence-electron chi connectivity index (χ2n) is 9.57. The third kappa shape index (κ3) is 3.98. The Kier molecular flexibility index (Phi) is 5.04. The first-order valence-corrected chi connectivity index (χ1v) is 8.13. The van der Waals surface area contributed by atoms with Gasteiger partial charge in [-0.3, -0.25) is 0 Å². The lowest BCUT2D eigenvalue weighted by Gasteiger charge is -2.57. The van der Waals surface area contributed by atoms with E-state index in [2.05, 4.69) is 41.5 Å². The molecule has 0 aromatic rings. The van der Waals surface area contributed by atoms with E-state index in [4.69, 9.17) is 9.78 Å². The summed E-state index contributed by atoms with van der Waals surface area (Å²) in [7, 11) is 0. The normalized spacial score (nSPS) is 22.1. The van der Waals surface area contributed by atoms with Crippen LogP contribution in [0.4, 0.5) is 0 Å². The molecule has 1 aliphatic rings. The van der Waals surface area contributed by atoms with Crippen LogP contribution < -0.4 is 0 Å². The molecule has 0 saturated heterocycles. The molecule has 0 aliphatic heterocycles. The van der Waals surface area contributed by atoms with Gasteiger partial charge in [-0.25, -0.2) is 9.78 Å². The molecule has 0 aromatic heterocycles. The lowest BCUT2D eigenvalue weighted by atomic mass is 9.49. The van der Waals surface area contributed by atoms with Crippen molar-refractivity contribution in [3.63, 3.8) is 0 Å². The van der Waals surface area contributed by atoms with Crippen LogP contribution in [0.5, 0.6) is 0 Å². The molecule has 2 heteroatoms. The summed E-state index contributed by atoms with van der Waals surface area (Å²) in [5.74, 6) is 0. The molecular weight excluding hydrogens is 248 g/mol. The highest BCUT2D eigenvalue weighted by Gasteiger charge is 2.51. The second kappa shape index (κ2) is 5.61. The van der Waals surface area contributed by atoms with Gasteiger partial charge in [-0.15, -0.1) is 0 Å². The SMILES string of the molecule is CC(C)(C)OOC1CCC(C(C)(C)C)(C(C)(C)C)CC1. The molecule has 0 N–H and O–H groups in total. The third-order valence-electron chi connectivity index (χ3n) is 5.09. The number of hydrogen-bond donors (Lipinski definition) is 0. The van der Waals surface area contributed by atoms with E-state index in [-0.39, 0.29) is 11.7 Å². The first-order chi connectivity index (χ1) is 8.79. The lowest BCUT2D eigenvalue weighted by molar-refractivity contribution is -0.379. The van der Waals surface area contributed by atoms with Crippen molar-refractivity contribution < 1.29 is 9.78 Å². The Morgan fingerprint density at radius 2 is 1.15 bits per heavy atom. The highest BCUT2D eigenvalue weighted by atomic mass is 17.2. The molecule has 0 unspecified atom stereocenters. The zero-order valence-corrected chi connectivity index (χ0v) is 15.2. The summed E-state index contributed by atoms with van der Waals surface area (Å²) in [6.07, 6.45) is 4.90. The van der Waals surface area contributed by atoms with Crippen molar-refractivity contribution in [3.8, 4) is 0 Å². The molecule has 0 aromatic carbocycles. The molecule has 0 bridgehead atoms. The van der Waals surface area contributed by atoms with Crippen LogP contribution >= 0.6 is 0 Å². The molecule has 0 radical (unpaired) electrons. The predicted molar refractivity (Wildman–Crippen MR) is 85.5 cm³/mol. The Balaban J connectivity index is 2.71. The fourth-order valence-corrected chi connectivity index (χ4v) is 4.02. The Morgan fingerprint density at radius 3 is 1.45 bits per heavy atom. The topological polar surface area (TPSA) is 18.5 Å². The first kappa shape index (κ1) is 18.0. The zero-order valence-electron chi connectivity index (χ0n) is 15.2. The predicted octanol–water partition coefficient (Wildman–Crippen LogP) is 5.75. The summed E-state index contributed by atoms with van der Waals surface area (Å²) in [5.41, 5.74) is 0.798. The van der Waals surface area contributed by atoms with Crippen LogP contribution in [-0.2, 0) is 9.78 Å². The van der Waals surface area contributed by atoms with Crippen molar-refractivity contribution in [1.29, 1.82) is 0 Å². The van der Waals surface area contributed by atoms with Crippen molar-refractivity contribution >= 4 is 0 Å². The summed E-state index contributed by atoms with van der Waals surface area (Å²) in [6.45, 7) is 20.5. The average Bonchev–Trinajstić information content (AvgIpc) is 2.23. The summed E-state index contributed by atoms with van der Waals surface area (Å²) in [5, 5.41) is 0. The molecular formula is C18H36O2. The van der Waals surface area contributed by atoms with E-state index in [1.807, 2.05) is 20.8 Å². The first-order valence-electron chi connectivity index (χ1n) is 8.13. The maximum Gasteiger partial charge on any atom is 0.0952 e. The van der Waals surface area contributed by atoms with Crippen LogP contribution in [0.1, 0.15) is 88.0 Å². The second-order valence-corrected chi connectivity index (χ2v) is 9.57. The van der Waals surface area contributed by atoms with Gasteiger partial charge in [-0.1, -0.05) is 41.5 Å². The van der Waals surface area contributed by atoms with Crippen molar-refractivity contribution in [2.45, 2.75) is 99.7 Å². The zero-order chi connectivity index (χ0) is 15.8. The third-order valence-corrected chi connectivity index (χ3v) is 5.09. The summed E-state index contributed by atoms with van der Waals surface area (Å²) in [4.78, 5) is 11.2. The Labute approximate surface area is 126 Å². The van der Waals surface area contributed by atoms with Crippen LogP contribution in [0.15, 0.2) is 0 Å². The van der Waals surface area contributed by atoms with E-state index < -0.39 is 0 Å². The molecule has 20 heavy (non-hydrogen) atoms. The molecule has 1 aliphatic carbocycles. The average molecular weight is 284 g/mol. The van der Waals surface area contributed by atoms with Gasteiger partial charge in [0.2, 0.25) is 0 Å². The molecule has 1 saturated carbocycles. The van der Waals surface area contributed by atoms with Crippen LogP contribution in [-0.4, -0.2) is 11.7 Å². The van der Waals surface area contributed by atoms with Crippen molar-refractivity contribution in [2.24, 2.45) is 16.2 Å². The van der Waals surface area contributed by atoms with Crippen molar-refractivity contribution in [1.82, 2.24) is 0 Å². The molecule has 120 valence electrons. The quantitative estimate of drug-likeness (QED) is 0.474. The maximum atomic E-state index is 5.67. The highest BCUT2D eigenvalue weighted by Crippen LogP contribution is 2.59. The Bertz CT molecular complexity index is 288. The maximum absolute atomic E-state index is 5.67. The van der Waals surface area contributed by atoms with Crippen molar-refractivity contribution in [3.05, 3.63) is 0 Å². The summed E-state index contributed by atoms with van der Waals surface area (Å²) < 4.78 is 0. The lowest BCUT2D eigenvalue weighted by Crippen LogP contribution is -2.49. The van der Waals surface area contributed by atoms with Gasteiger partial charge >= 0.3 is 0 Å². The Hall–Kier alpha value is -0.0800. The van der Waals surface area contributed by atoms with Gasteiger partial charge in [0.1, 0.15) is 0 Å². The van der Waals surface area contributed by atoms with Crippen LogP contribution in [0.25, 0.3) is 0 Å². The minimum absolute atomic E-state index is 0.220. The van der Waals surface area contributed by atoms with Crippen LogP contribution in [0.3, 0.4) is 0 Å². The minimum atomic E-state index is -0.220. The molecule has 1 fully saturated rings. The largest absolute Gasteiger partial charge is 0.233 e. The van der Waals surface area contributed by atoms with Crippen LogP contribution in [0, 0.1) is 16.2 Å². The number of hydrogen-bond acceptors (Lipinski definition) is 2. The molecule has 0 spiro atoms. The van der Waals surface area contributed by atoms with E-state index in [9.17, 15) is 0 Å². The van der Waals surface area contributed by atoms with E-state index in [0.717, 1.165) is 12.8 Å².